The molecule has 0 unspecified atom stereocenters. The Bertz CT molecular complexity index is 353. The summed E-state index contributed by atoms with van der Waals surface area (Å²) in [5.41, 5.74) is 1.04. The van der Waals surface area contributed by atoms with Crippen LogP contribution < -0.4 is 15.4 Å². The van der Waals surface area contributed by atoms with Crippen LogP contribution in [0.25, 0.3) is 0 Å². The minimum Gasteiger partial charge on any atom is -0.496 e. The van der Waals surface area contributed by atoms with Crippen molar-refractivity contribution in [1.29, 1.82) is 0 Å². The number of carbonyl (C=O) groups is 1. The fourth-order valence-electron chi connectivity index (χ4n) is 1.42. The smallest absolute Gasteiger partial charge is 0.236 e. The lowest BCUT2D eigenvalue weighted by Crippen LogP contribution is -2.40. The summed E-state index contributed by atoms with van der Waals surface area (Å²) in [5, 5.41) is 5.73. The summed E-state index contributed by atoms with van der Waals surface area (Å²) in [6.45, 7) is 2.44. The van der Waals surface area contributed by atoms with Crippen LogP contribution in [-0.2, 0) is 11.3 Å². The molecule has 0 aliphatic rings. The molecule has 4 heteroatoms. The minimum atomic E-state index is -0.213. The van der Waals surface area contributed by atoms with Crippen LogP contribution in [0.1, 0.15) is 12.5 Å². The van der Waals surface area contributed by atoms with Gasteiger partial charge in [0, 0.05) is 19.2 Å². The minimum absolute atomic E-state index is 0.0186. The molecule has 0 radical (unpaired) electrons. The summed E-state index contributed by atoms with van der Waals surface area (Å²) in [5.74, 6) is 0.814. The molecule has 88 valence electrons. The van der Waals surface area contributed by atoms with Crippen molar-refractivity contribution in [2.75, 3.05) is 14.2 Å². The van der Waals surface area contributed by atoms with Gasteiger partial charge >= 0.3 is 0 Å². The molecule has 16 heavy (non-hydrogen) atoms. The Balaban J connectivity index is 2.57. The zero-order valence-electron chi connectivity index (χ0n) is 9.91. The van der Waals surface area contributed by atoms with Gasteiger partial charge in [-0.25, -0.2) is 0 Å². The van der Waals surface area contributed by atoms with Crippen molar-refractivity contribution >= 4 is 5.91 Å². The third-order valence-corrected chi connectivity index (χ3v) is 2.43. The van der Waals surface area contributed by atoms with E-state index in [4.69, 9.17) is 4.74 Å². The second-order valence-electron chi connectivity index (χ2n) is 3.53. The predicted molar refractivity (Wildman–Crippen MR) is 63.4 cm³/mol. The van der Waals surface area contributed by atoms with Crippen LogP contribution in [0.4, 0.5) is 0 Å². The topological polar surface area (TPSA) is 50.4 Å². The summed E-state index contributed by atoms with van der Waals surface area (Å²) < 4.78 is 5.22. The monoisotopic (exact) mass is 222 g/mol. The normalized spacial score (nSPS) is 11.9. The number of methoxy groups -OCH3 is 1. The molecule has 1 rings (SSSR count). The number of likely N-dealkylation sites (N-methyl/N-ethyl adjacent to an activating group) is 1. The van der Waals surface area contributed by atoms with Crippen molar-refractivity contribution < 1.29 is 9.53 Å². The number of hydrogen-bond acceptors (Lipinski definition) is 3. The molecule has 0 fully saturated rings. The highest BCUT2D eigenvalue weighted by Crippen LogP contribution is 2.16. The Morgan fingerprint density at radius 2 is 2.12 bits per heavy atom. The molecular weight excluding hydrogens is 204 g/mol. The Hall–Kier alpha value is -1.55. The van der Waals surface area contributed by atoms with E-state index >= 15 is 0 Å². The molecule has 0 heterocycles. The molecule has 4 nitrogen and oxygen atoms in total. The molecular formula is C12H18N2O2. The first-order valence-electron chi connectivity index (χ1n) is 5.26. The Kier molecular flexibility index (Phi) is 4.79. The number of nitrogens with one attached hydrogen (secondary N) is 2. The summed E-state index contributed by atoms with van der Waals surface area (Å²) in [4.78, 5) is 11.3. The average Bonchev–Trinajstić information content (AvgIpc) is 2.35. The molecule has 0 saturated carbocycles. The van der Waals surface area contributed by atoms with Gasteiger partial charge in [-0.1, -0.05) is 18.2 Å². The molecule has 1 aromatic rings. The molecule has 0 aliphatic heterocycles. The molecule has 1 aromatic carbocycles. The Morgan fingerprint density at radius 1 is 1.44 bits per heavy atom. The largest absolute Gasteiger partial charge is 0.496 e. The summed E-state index contributed by atoms with van der Waals surface area (Å²) in [6.07, 6.45) is 0. The van der Waals surface area contributed by atoms with Gasteiger partial charge in [0.2, 0.25) is 5.91 Å². The highest BCUT2D eigenvalue weighted by atomic mass is 16.5. The number of hydrogen-bond donors (Lipinski definition) is 2. The SMILES string of the molecule is CNC(=O)[C@@H](C)NCc1ccccc1OC. The van der Waals surface area contributed by atoms with E-state index in [1.54, 1.807) is 14.2 Å². The van der Waals surface area contributed by atoms with E-state index in [2.05, 4.69) is 10.6 Å². The van der Waals surface area contributed by atoms with Crippen LogP contribution in [0.3, 0.4) is 0 Å². The van der Waals surface area contributed by atoms with Crippen LogP contribution in [0.15, 0.2) is 24.3 Å². The van der Waals surface area contributed by atoms with Gasteiger partial charge in [0.1, 0.15) is 5.75 Å². The second kappa shape index (κ2) is 6.12. The third-order valence-electron chi connectivity index (χ3n) is 2.43. The van der Waals surface area contributed by atoms with E-state index in [1.807, 2.05) is 31.2 Å². The van der Waals surface area contributed by atoms with Crippen molar-refractivity contribution in [2.45, 2.75) is 19.5 Å². The molecule has 0 aromatic heterocycles. The Labute approximate surface area is 96.0 Å². The fourth-order valence-corrected chi connectivity index (χ4v) is 1.42. The van der Waals surface area contributed by atoms with E-state index < -0.39 is 0 Å². The van der Waals surface area contributed by atoms with E-state index in [0.717, 1.165) is 11.3 Å². The first-order valence-corrected chi connectivity index (χ1v) is 5.26. The maximum absolute atomic E-state index is 11.3. The zero-order chi connectivity index (χ0) is 12.0. The van der Waals surface area contributed by atoms with Crippen LogP contribution in [0, 0.1) is 0 Å². The zero-order valence-corrected chi connectivity index (χ0v) is 9.91. The number of amides is 1. The van der Waals surface area contributed by atoms with Gasteiger partial charge in [-0.3, -0.25) is 4.79 Å². The van der Waals surface area contributed by atoms with Gasteiger partial charge in [0.25, 0.3) is 0 Å². The van der Waals surface area contributed by atoms with Gasteiger partial charge in [-0.05, 0) is 13.0 Å². The molecule has 0 spiro atoms. The first kappa shape index (κ1) is 12.5. The molecule has 1 amide bonds. The molecule has 2 N–H and O–H groups in total. The maximum Gasteiger partial charge on any atom is 0.236 e. The number of para-hydroxylation sites is 1. The lowest BCUT2D eigenvalue weighted by Gasteiger charge is -2.13. The van der Waals surface area contributed by atoms with E-state index in [0.29, 0.717) is 6.54 Å². The summed E-state index contributed by atoms with van der Waals surface area (Å²) in [6, 6.07) is 7.54. The predicted octanol–water partition coefficient (Wildman–Crippen LogP) is 0.919. The average molecular weight is 222 g/mol. The van der Waals surface area contributed by atoms with Gasteiger partial charge in [-0.15, -0.1) is 0 Å². The number of benzene rings is 1. The van der Waals surface area contributed by atoms with E-state index in [-0.39, 0.29) is 11.9 Å². The van der Waals surface area contributed by atoms with Crippen molar-refractivity contribution in [3.8, 4) is 5.75 Å². The van der Waals surface area contributed by atoms with Crippen LogP contribution in [0.2, 0.25) is 0 Å². The Morgan fingerprint density at radius 3 is 2.75 bits per heavy atom. The van der Waals surface area contributed by atoms with Gasteiger partial charge in [0.05, 0.1) is 13.2 Å². The number of carbonyl (C=O) groups excluding carboxylic acids is 1. The first-order chi connectivity index (χ1) is 7.69. The van der Waals surface area contributed by atoms with Crippen LogP contribution >= 0.6 is 0 Å². The van der Waals surface area contributed by atoms with Gasteiger partial charge in [0.15, 0.2) is 0 Å². The van der Waals surface area contributed by atoms with Gasteiger partial charge in [-0.2, -0.15) is 0 Å². The summed E-state index contributed by atoms with van der Waals surface area (Å²) in [7, 11) is 3.27. The van der Waals surface area contributed by atoms with Crippen molar-refractivity contribution in [1.82, 2.24) is 10.6 Å². The third kappa shape index (κ3) is 3.24. The summed E-state index contributed by atoms with van der Waals surface area (Å²) >= 11 is 0. The highest BCUT2D eigenvalue weighted by Gasteiger charge is 2.10. The van der Waals surface area contributed by atoms with Gasteiger partial charge < -0.3 is 15.4 Å². The number of rotatable bonds is 5. The van der Waals surface area contributed by atoms with E-state index in [1.165, 1.54) is 0 Å². The molecule has 1 atom stereocenters. The molecule has 0 saturated heterocycles. The molecule has 0 bridgehead atoms. The van der Waals surface area contributed by atoms with Crippen LogP contribution in [-0.4, -0.2) is 26.1 Å². The standard InChI is InChI=1S/C12H18N2O2/c1-9(12(15)13-2)14-8-10-6-4-5-7-11(10)16-3/h4-7,9,14H,8H2,1-3H3,(H,13,15)/t9-/m1/s1. The number of ether oxygens (including phenoxy) is 1. The van der Waals surface area contributed by atoms with Crippen molar-refractivity contribution in [2.24, 2.45) is 0 Å². The molecule has 0 aliphatic carbocycles. The highest BCUT2D eigenvalue weighted by molar-refractivity contribution is 5.80. The lowest BCUT2D eigenvalue weighted by atomic mass is 10.2. The lowest BCUT2D eigenvalue weighted by molar-refractivity contribution is -0.122. The van der Waals surface area contributed by atoms with Crippen molar-refractivity contribution in [3.63, 3.8) is 0 Å². The fraction of sp³-hybridized carbons (Fsp3) is 0.417. The maximum atomic E-state index is 11.3. The quantitative estimate of drug-likeness (QED) is 0.779. The van der Waals surface area contributed by atoms with Crippen LogP contribution in [0.5, 0.6) is 5.75 Å². The second-order valence-corrected chi connectivity index (χ2v) is 3.53. The van der Waals surface area contributed by atoms with Crippen molar-refractivity contribution in [3.05, 3.63) is 29.8 Å². The van der Waals surface area contributed by atoms with E-state index in [9.17, 15) is 4.79 Å².